The number of anilines is 1. The highest BCUT2D eigenvalue weighted by molar-refractivity contribution is 9.10. The SMILES string of the molecule is CC(C)C(Nc1ncnc2c1c(Br)nn2C)C(=O)N1CCOCC1. The van der Waals surface area contributed by atoms with E-state index < -0.39 is 0 Å². The van der Waals surface area contributed by atoms with Gasteiger partial charge in [0.15, 0.2) is 5.65 Å². The van der Waals surface area contributed by atoms with Crippen molar-refractivity contribution in [1.29, 1.82) is 0 Å². The van der Waals surface area contributed by atoms with E-state index in [9.17, 15) is 4.79 Å². The van der Waals surface area contributed by atoms with Crippen LogP contribution in [0.2, 0.25) is 0 Å². The van der Waals surface area contributed by atoms with Crippen LogP contribution in [-0.4, -0.2) is 62.9 Å². The topological polar surface area (TPSA) is 85.2 Å². The van der Waals surface area contributed by atoms with Gasteiger partial charge in [0, 0.05) is 20.1 Å². The van der Waals surface area contributed by atoms with Crippen molar-refractivity contribution in [2.75, 3.05) is 31.6 Å². The summed E-state index contributed by atoms with van der Waals surface area (Å²) in [7, 11) is 1.82. The standard InChI is InChI=1S/C15H21BrN6O2/c1-9(2)11(15(23)22-4-6-24-7-5-22)19-13-10-12(16)20-21(3)14(10)18-8-17-13/h8-9,11H,4-7H2,1-3H3,(H,17,18,19). The van der Waals surface area contributed by atoms with E-state index in [0.717, 1.165) is 5.39 Å². The number of aryl methyl sites for hydroxylation is 1. The van der Waals surface area contributed by atoms with Crippen LogP contribution in [0.5, 0.6) is 0 Å². The Morgan fingerprint density at radius 3 is 2.71 bits per heavy atom. The smallest absolute Gasteiger partial charge is 0.245 e. The number of nitrogens with zero attached hydrogens (tertiary/aromatic N) is 5. The van der Waals surface area contributed by atoms with Gasteiger partial charge in [0.2, 0.25) is 5.91 Å². The van der Waals surface area contributed by atoms with E-state index in [1.54, 1.807) is 4.68 Å². The van der Waals surface area contributed by atoms with Crippen LogP contribution in [0.15, 0.2) is 10.9 Å². The summed E-state index contributed by atoms with van der Waals surface area (Å²) in [5.74, 6) is 0.793. The summed E-state index contributed by atoms with van der Waals surface area (Å²) in [4.78, 5) is 23.3. The number of hydrogen-bond acceptors (Lipinski definition) is 6. The first kappa shape index (κ1) is 17.1. The molecule has 1 aliphatic rings. The predicted molar refractivity (Wildman–Crippen MR) is 93.7 cm³/mol. The second-order valence-corrected chi connectivity index (χ2v) is 6.89. The molecule has 130 valence electrons. The van der Waals surface area contributed by atoms with Gasteiger partial charge in [-0.15, -0.1) is 0 Å². The Bertz CT molecular complexity index is 741. The highest BCUT2D eigenvalue weighted by Gasteiger charge is 2.29. The van der Waals surface area contributed by atoms with Crippen LogP contribution in [0.4, 0.5) is 5.82 Å². The third-order valence-electron chi connectivity index (χ3n) is 4.13. The first-order valence-corrected chi connectivity index (χ1v) is 8.74. The molecule has 0 aromatic carbocycles. The Labute approximate surface area is 148 Å². The minimum Gasteiger partial charge on any atom is -0.378 e. The molecule has 0 spiro atoms. The van der Waals surface area contributed by atoms with E-state index in [1.165, 1.54) is 6.33 Å². The number of rotatable bonds is 4. The molecule has 2 aromatic rings. The summed E-state index contributed by atoms with van der Waals surface area (Å²) < 4.78 is 7.67. The van der Waals surface area contributed by atoms with Crippen molar-refractivity contribution in [2.24, 2.45) is 13.0 Å². The normalized spacial score (nSPS) is 16.6. The number of amides is 1. The molecule has 24 heavy (non-hydrogen) atoms. The van der Waals surface area contributed by atoms with Gasteiger partial charge >= 0.3 is 0 Å². The Morgan fingerprint density at radius 2 is 2.04 bits per heavy atom. The molecule has 0 radical (unpaired) electrons. The quantitative estimate of drug-likeness (QED) is 0.840. The molecule has 0 aliphatic carbocycles. The Morgan fingerprint density at radius 1 is 1.33 bits per heavy atom. The molecule has 1 atom stereocenters. The lowest BCUT2D eigenvalue weighted by Crippen LogP contribution is -2.50. The predicted octanol–water partition coefficient (Wildman–Crippen LogP) is 1.42. The molecule has 1 amide bonds. The fraction of sp³-hybridized carbons (Fsp3) is 0.600. The molecule has 1 saturated heterocycles. The van der Waals surface area contributed by atoms with Crippen LogP contribution in [-0.2, 0) is 16.6 Å². The molecular weight excluding hydrogens is 376 g/mol. The number of fused-ring (bicyclic) bond motifs is 1. The number of halogens is 1. The third-order valence-corrected chi connectivity index (χ3v) is 4.68. The van der Waals surface area contributed by atoms with Crippen LogP contribution >= 0.6 is 15.9 Å². The van der Waals surface area contributed by atoms with Crippen molar-refractivity contribution in [3.8, 4) is 0 Å². The van der Waals surface area contributed by atoms with Crippen molar-refractivity contribution in [3.63, 3.8) is 0 Å². The molecule has 1 unspecified atom stereocenters. The van der Waals surface area contributed by atoms with Gasteiger partial charge in [-0.2, -0.15) is 5.10 Å². The van der Waals surface area contributed by atoms with Crippen molar-refractivity contribution in [1.82, 2.24) is 24.6 Å². The molecule has 3 rings (SSSR count). The summed E-state index contributed by atoms with van der Waals surface area (Å²) >= 11 is 3.45. The Balaban J connectivity index is 1.90. The lowest BCUT2D eigenvalue weighted by molar-refractivity contribution is -0.137. The second-order valence-electron chi connectivity index (χ2n) is 6.14. The van der Waals surface area contributed by atoms with Crippen molar-refractivity contribution in [3.05, 3.63) is 10.9 Å². The summed E-state index contributed by atoms with van der Waals surface area (Å²) in [5.41, 5.74) is 0.709. The molecule has 0 saturated carbocycles. The number of aromatic nitrogens is 4. The van der Waals surface area contributed by atoms with E-state index in [-0.39, 0.29) is 17.9 Å². The molecule has 1 fully saturated rings. The number of ether oxygens (including phenoxy) is 1. The number of hydrogen-bond donors (Lipinski definition) is 1. The van der Waals surface area contributed by atoms with Gasteiger partial charge in [0.25, 0.3) is 0 Å². The zero-order valence-electron chi connectivity index (χ0n) is 14.0. The second kappa shape index (κ2) is 7.02. The Hall–Kier alpha value is -1.74. The highest BCUT2D eigenvalue weighted by Crippen LogP contribution is 2.28. The van der Waals surface area contributed by atoms with Gasteiger partial charge in [0.1, 0.15) is 22.8 Å². The van der Waals surface area contributed by atoms with E-state index in [1.807, 2.05) is 25.8 Å². The van der Waals surface area contributed by atoms with Gasteiger partial charge in [-0.3, -0.25) is 4.79 Å². The van der Waals surface area contributed by atoms with Gasteiger partial charge in [-0.25, -0.2) is 14.6 Å². The average Bonchev–Trinajstić information content (AvgIpc) is 2.88. The molecule has 3 heterocycles. The number of morpholine rings is 1. The number of carbonyl (C=O) groups is 1. The monoisotopic (exact) mass is 396 g/mol. The number of carbonyl (C=O) groups excluding carboxylic acids is 1. The number of nitrogens with one attached hydrogen (secondary N) is 1. The highest BCUT2D eigenvalue weighted by atomic mass is 79.9. The molecule has 9 heteroatoms. The maximum absolute atomic E-state index is 12.9. The van der Waals surface area contributed by atoms with E-state index >= 15 is 0 Å². The largest absolute Gasteiger partial charge is 0.378 e. The maximum atomic E-state index is 12.9. The first-order chi connectivity index (χ1) is 11.5. The molecule has 1 aliphatic heterocycles. The maximum Gasteiger partial charge on any atom is 0.245 e. The van der Waals surface area contributed by atoms with Crippen molar-refractivity contribution in [2.45, 2.75) is 19.9 Å². The van der Waals surface area contributed by atoms with E-state index in [4.69, 9.17) is 4.74 Å². The Kier molecular flexibility index (Phi) is 5.00. The van der Waals surface area contributed by atoms with Gasteiger partial charge in [0.05, 0.1) is 18.6 Å². The van der Waals surface area contributed by atoms with Crippen LogP contribution in [0.3, 0.4) is 0 Å². The summed E-state index contributed by atoms with van der Waals surface area (Å²) in [6.45, 7) is 6.46. The fourth-order valence-corrected chi connectivity index (χ4v) is 3.39. The summed E-state index contributed by atoms with van der Waals surface area (Å²) in [6, 6.07) is -0.367. The van der Waals surface area contributed by atoms with Crippen LogP contribution < -0.4 is 5.32 Å². The van der Waals surface area contributed by atoms with Gasteiger partial charge in [-0.1, -0.05) is 13.8 Å². The first-order valence-electron chi connectivity index (χ1n) is 7.95. The minimum atomic E-state index is -0.367. The van der Waals surface area contributed by atoms with Crippen molar-refractivity contribution < 1.29 is 9.53 Å². The lowest BCUT2D eigenvalue weighted by Gasteiger charge is -2.32. The van der Waals surface area contributed by atoms with Gasteiger partial charge in [-0.05, 0) is 21.8 Å². The van der Waals surface area contributed by atoms with E-state index in [0.29, 0.717) is 42.4 Å². The zero-order valence-corrected chi connectivity index (χ0v) is 15.6. The summed E-state index contributed by atoms with van der Waals surface area (Å²) in [5, 5.41) is 8.40. The van der Waals surface area contributed by atoms with Gasteiger partial charge < -0.3 is 15.0 Å². The van der Waals surface area contributed by atoms with E-state index in [2.05, 4.69) is 36.3 Å². The van der Waals surface area contributed by atoms with Crippen LogP contribution in [0, 0.1) is 5.92 Å². The molecule has 8 nitrogen and oxygen atoms in total. The lowest BCUT2D eigenvalue weighted by atomic mass is 10.0. The molecule has 0 bridgehead atoms. The molecule has 1 N–H and O–H groups in total. The fourth-order valence-electron chi connectivity index (χ4n) is 2.79. The molecular formula is C15H21BrN6O2. The van der Waals surface area contributed by atoms with Crippen molar-refractivity contribution >= 4 is 38.7 Å². The molecule has 2 aromatic heterocycles. The third kappa shape index (κ3) is 3.23. The van der Waals surface area contributed by atoms with Crippen LogP contribution in [0.25, 0.3) is 11.0 Å². The minimum absolute atomic E-state index is 0.0695. The average molecular weight is 397 g/mol. The summed E-state index contributed by atoms with van der Waals surface area (Å²) in [6.07, 6.45) is 1.48. The van der Waals surface area contributed by atoms with Crippen LogP contribution in [0.1, 0.15) is 13.8 Å². The zero-order chi connectivity index (χ0) is 17.3.